The summed E-state index contributed by atoms with van der Waals surface area (Å²) in [6.45, 7) is 1.98. The summed E-state index contributed by atoms with van der Waals surface area (Å²) in [5, 5.41) is 3.18. The third-order valence-electron chi connectivity index (χ3n) is 1.66. The maximum atomic E-state index is 10.9. The zero-order chi connectivity index (χ0) is 10.6. The van der Waals surface area contributed by atoms with E-state index in [0.29, 0.717) is 11.4 Å². The average molecular weight is 213 g/mol. The number of nitrogen functional groups attached to an aromatic ring is 1. The molecule has 2 atom stereocenters. The maximum Gasteiger partial charge on any atom is 0.0549 e. The van der Waals surface area contributed by atoms with Crippen molar-refractivity contribution in [3.63, 3.8) is 0 Å². The van der Waals surface area contributed by atoms with E-state index in [1.807, 2.05) is 13.0 Å². The molecule has 1 aromatic rings. The van der Waals surface area contributed by atoms with Crippen LogP contribution in [-0.2, 0) is 10.8 Å². The minimum Gasteiger partial charge on any atom is -0.397 e. The Bertz CT molecular complexity index is 330. The number of anilines is 2. The van der Waals surface area contributed by atoms with Gasteiger partial charge in [0.15, 0.2) is 0 Å². The lowest BCUT2D eigenvalue weighted by atomic mass is 10.3. The van der Waals surface area contributed by atoms with Crippen LogP contribution in [0.15, 0.2) is 18.5 Å². The zero-order valence-electron chi connectivity index (χ0n) is 8.36. The molecule has 2 unspecified atom stereocenters. The Kier molecular flexibility index (Phi) is 3.88. The SMILES string of the molecule is CC(CS(C)=O)Nc1cncc(N)c1. The Morgan fingerprint density at radius 1 is 1.64 bits per heavy atom. The van der Waals surface area contributed by atoms with E-state index in [0.717, 1.165) is 5.69 Å². The van der Waals surface area contributed by atoms with Gasteiger partial charge in [-0.25, -0.2) is 0 Å². The molecule has 0 aliphatic rings. The van der Waals surface area contributed by atoms with Crippen molar-refractivity contribution < 1.29 is 4.21 Å². The van der Waals surface area contributed by atoms with E-state index in [9.17, 15) is 4.21 Å². The first-order chi connectivity index (χ1) is 6.58. The van der Waals surface area contributed by atoms with Gasteiger partial charge in [0.2, 0.25) is 0 Å². The highest BCUT2D eigenvalue weighted by atomic mass is 32.2. The molecule has 3 N–H and O–H groups in total. The normalized spacial score (nSPS) is 14.7. The molecule has 0 aromatic carbocycles. The van der Waals surface area contributed by atoms with Gasteiger partial charge in [-0.1, -0.05) is 0 Å². The summed E-state index contributed by atoms with van der Waals surface area (Å²) in [5.74, 6) is 0.620. The predicted octanol–water partition coefficient (Wildman–Crippen LogP) is 0.843. The molecule has 1 aromatic heterocycles. The molecule has 4 nitrogen and oxygen atoms in total. The highest BCUT2D eigenvalue weighted by Gasteiger charge is 2.04. The van der Waals surface area contributed by atoms with Crippen molar-refractivity contribution in [1.82, 2.24) is 4.98 Å². The first-order valence-corrected chi connectivity index (χ1v) is 6.07. The minimum absolute atomic E-state index is 0.157. The second-order valence-electron chi connectivity index (χ2n) is 3.29. The van der Waals surface area contributed by atoms with Crippen LogP contribution in [0.4, 0.5) is 11.4 Å². The van der Waals surface area contributed by atoms with Crippen LogP contribution in [0.25, 0.3) is 0 Å². The van der Waals surface area contributed by atoms with Gasteiger partial charge >= 0.3 is 0 Å². The van der Waals surface area contributed by atoms with Crippen molar-refractivity contribution in [2.75, 3.05) is 23.1 Å². The van der Waals surface area contributed by atoms with E-state index >= 15 is 0 Å². The van der Waals surface area contributed by atoms with Gasteiger partial charge in [-0.3, -0.25) is 9.19 Å². The zero-order valence-corrected chi connectivity index (χ0v) is 9.17. The van der Waals surface area contributed by atoms with Crippen LogP contribution in [0.5, 0.6) is 0 Å². The second kappa shape index (κ2) is 4.95. The molecule has 0 amide bonds. The van der Waals surface area contributed by atoms with Gasteiger partial charge in [0.1, 0.15) is 0 Å². The van der Waals surface area contributed by atoms with Crippen LogP contribution < -0.4 is 11.1 Å². The molecule has 0 saturated heterocycles. The number of nitrogens with one attached hydrogen (secondary N) is 1. The molecule has 78 valence electrons. The lowest BCUT2D eigenvalue weighted by molar-refractivity contribution is 0.683. The summed E-state index contributed by atoms with van der Waals surface area (Å²) in [4.78, 5) is 3.95. The third kappa shape index (κ3) is 3.74. The summed E-state index contributed by atoms with van der Waals surface area (Å²) in [7, 11) is -0.789. The summed E-state index contributed by atoms with van der Waals surface area (Å²) in [6.07, 6.45) is 4.98. The fourth-order valence-electron chi connectivity index (χ4n) is 1.21. The summed E-state index contributed by atoms with van der Waals surface area (Å²) in [6, 6.07) is 1.96. The average Bonchev–Trinajstić information content (AvgIpc) is 2.01. The van der Waals surface area contributed by atoms with Crippen molar-refractivity contribution >= 4 is 22.2 Å². The number of aromatic nitrogens is 1. The lowest BCUT2D eigenvalue weighted by Crippen LogP contribution is -2.22. The van der Waals surface area contributed by atoms with E-state index in [-0.39, 0.29) is 6.04 Å². The number of rotatable bonds is 4. The van der Waals surface area contributed by atoms with Gasteiger partial charge in [-0.05, 0) is 13.0 Å². The van der Waals surface area contributed by atoms with E-state index in [2.05, 4.69) is 10.3 Å². The lowest BCUT2D eigenvalue weighted by Gasteiger charge is -2.13. The fourth-order valence-corrected chi connectivity index (χ4v) is 2.00. The standard InChI is InChI=1S/C9H15N3OS/c1-7(6-14(2)13)12-9-3-8(10)4-11-5-9/h3-5,7,12H,6,10H2,1-2H3. The van der Waals surface area contributed by atoms with Crippen LogP contribution in [0, 0.1) is 0 Å². The molecule has 14 heavy (non-hydrogen) atoms. The highest BCUT2D eigenvalue weighted by molar-refractivity contribution is 7.84. The van der Waals surface area contributed by atoms with Crippen molar-refractivity contribution in [3.05, 3.63) is 18.5 Å². The summed E-state index contributed by atoms with van der Waals surface area (Å²) < 4.78 is 10.9. The molecular weight excluding hydrogens is 198 g/mol. The quantitative estimate of drug-likeness (QED) is 0.778. The molecular formula is C9H15N3OS. The van der Waals surface area contributed by atoms with Crippen LogP contribution in [-0.4, -0.2) is 27.2 Å². The summed E-state index contributed by atoms with van der Waals surface area (Å²) >= 11 is 0. The van der Waals surface area contributed by atoms with Crippen LogP contribution in [0.2, 0.25) is 0 Å². The molecule has 1 rings (SSSR count). The van der Waals surface area contributed by atoms with E-state index in [1.165, 1.54) is 0 Å². The second-order valence-corrected chi connectivity index (χ2v) is 4.77. The first kappa shape index (κ1) is 11.0. The maximum absolute atomic E-state index is 10.9. The molecule has 0 aliphatic carbocycles. The summed E-state index contributed by atoms with van der Waals surface area (Å²) in [5.41, 5.74) is 7.06. The smallest absolute Gasteiger partial charge is 0.0549 e. The molecule has 5 heteroatoms. The molecule has 0 bridgehead atoms. The number of nitrogens with zero attached hydrogens (tertiary/aromatic N) is 1. The molecule has 0 saturated carbocycles. The van der Waals surface area contributed by atoms with Crippen molar-refractivity contribution in [1.29, 1.82) is 0 Å². The molecule has 0 aliphatic heterocycles. The monoisotopic (exact) mass is 213 g/mol. The topological polar surface area (TPSA) is 68.0 Å². The number of nitrogens with two attached hydrogens (primary N) is 1. The van der Waals surface area contributed by atoms with Gasteiger partial charge in [0, 0.05) is 35.0 Å². The van der Waals surface area contributed by atoms with Crippen molar-refractivity contribution in [3.8, 4) is 0 Å². The van der Waals surface area contributed by atoms with E-state index < -0.39 is 10.8 Å². The van der Waals surface area contributed by atoms with E-state index in [1.54, 1.807) is 18.6 Å². The minimum atomic E-state index is -0.789. The highest BCUT2D eigenvalue weighted by Crippen LogP contribution is 2.10. The fraction of sp³-hybridized carbons (Fsp3) is 0.444. The van der Waals surface area contributed by atoms with Gasteiger partial charge in [-0.15, -0.1) is 0 Å². The van der Waals surface area contributed by atoms with E-state index in [4.69, 9.17) is 5.73 Å². The van der Waals surface area contributed by atoms with Gasteiger partial charge in [0.25, 0.3) is 0 Å². The van der Waals surface area contributed by atoms with Crippen LogP contribution >= 0.6 is 0 Å². The molecule has 0 spiro atoms. The number of hydrogen-bond acceptors (Lipinski definition) is 4. The molecule has 0 radical (unpaired) electrons. The Labute approximate surface area is 86.4 Å². The Morgan fingerprint density at radius 2 is 2.36 bits per heavy atom. The van der Waals surface area contributed by atoms with Crippen LogP contribution in [0.1, 0.15) is 6.92 Å². The predicted molar refractivity (Wildman–Crippen MR) is 60.7 cm³/mol. The molecule has 1 heterocycles. The third-order valence-corrected chi connectivity index (χ3v) is 2.63. The van der Waals surface area contributed by atoms with Crippen LogP contribution in [0.3, 0.4) is 0 Å². The Morgan fingerprint density at radius 3 is 2.93 bits per heavy atom. The largest absolute Gasteiger partial charge is 0.397 e. The first-order valence-electron chi connectivity index (χ1n) is 4.35. The molecule has 0 fully saturated rings. The number of pyridine rings is 1. The Hall–Kier alpha value is -1.10. The van der Waals surface area contributed by atoms with Gasteiger partial charge < -0.3 is 11.1 Å². The van der Waals surface area contributed by atoms with Crippen molar-refractivity contribution in [2.45, 2.75) is 13.0 Å². The Balaban J connectivity index is 2.55. The van der Waals surface area contributed by atoms with Gasteiger partial charge in [0.05, 0.1) is 17.6 Å². The number of hydrogen-bond donors (Lipinski definition) is 2. The van der Waals surface area contributed by atoms with Gasteiger partial charge in [-0.2, -0.15) is 0 Å². The van der Waals surface area contributed by atoms with Crippen molar-refractivity contribution in [2.24, 2.45) is 0 Å².